The molecule has 2 aromatic rings. The first kappa shape index (κ1) is 17.9. The smallest absolute Gasteiger partial charge is 0.342 e. The van der Waals surface area contributed by atoms with Crippen LogP contribution in [0.3, 0.4) is 0 Å². The molecule has 0 saturated heterocycles. The summed E-state index contributed by atoms with van der Waals surface area (Å²) >= 11 is 0. The topological polar surface area (TPSA) is 84.0 Å². The number of fused-ring (bicyclic) bond motifs is 1. The quantitative estimate of drug-likeness (QED) is 0.816. The monoisotopic (exact) mass is 378 g/mol. The van der Waals surface area contributed by atoms with E-state index in [0.29, 0.717) is 4.31 Å². The van der Waals surface area contributed by atoms with Gasteiger partial charge in [-0.1, -0.05) is 0 Å². The van der Waals surface area contributed by atoms with Crippen LogP contribution in [0.5, 0.6) is 5.75 Å². The normalized spacial score (nSPS) is 15.6. The fraction of sp³-hybridized carbons (Fsp3) is 0.176. The maximum absolute atomic E-state index is 13.1. The lowest BCUT2D eigenvalue weighted by Gasteiger charge is -2.34. The molecule has 0 N–H and O–H groups in total. The predicted molar refractivity (Wildman–Crippen MR) is 92.5 cm³/mol. The van der Waals surface area contributed by atoms with Gasteiger partial charge in [-0.05, 0) is 43.3 Å². The summed E-state index contributed by atoms with van der Waals surface area (Å²) in [6, 6.07) is 7.87. The van der Waals surface area contributed by atoms with E-state index >= 15 is 0 Å². The number of carbonyl (C=O) groups excluding carboxylic acids is 2. The van der Waals surface area contributed by atoms with Gasteiger partial charge < -0.3 is 4.74 Å². The van der Waals surface area contributed by atoms with Crippen molar-refractivity contribution in [2.45, 2.75) is 11.8 Å². The number of ketones is 1. The zero-order valence-corrected chi connectivity index (χ0v) is 14.8. The van der Waals surface area contributed by atoms with Crippen LogP contribution in [0, 0.1) is 5.82 Å². The number of rotatable bonds is 4. The molecule has 2 amide bonds. The van der Waals surface area contributed by atoms with Gasteiger partial charge in [0.25, 0.3) is 10.0 Å². The Bertz CT molecular complexity index is 989. The molecule has 0 spiro atoms. The van der Waals surface area contributed by atoms with Crippen LogP contribution < -0.4 is 13.9 Å². The number of halogens is 1. The van der Waals surface area contributed by atoms with Crippen molar-refractivity contribution >= 4 is 33.2 Å². The molecule has 0 atom stereocenters. The van der Waals surface area contributed by atoms with Crippen molar-refractivity contribution in [3.63, 3.8) is 0 Å². The molecule has 1 aliphatic rings. The summed E-state index contributed by atoms with van der Waals surface area (Å²) in [5.74, 6) is -0.470. The van der Waals surface area contributed by atoms with E-state index in [0.717, 1.165) is 17.0 Å². The third-order valence-corrected chi connectivity index (χ3v) is 5.52. The Hall–Kier alpha value is -2.94. The van der Waals surface area contributed by atoms with Gasteiger partial charge in [-0.15, -0.1) is 0 Å². The van der Waals surface area contributed by atoms with Gasteiger partial charge in [-0.25, -0.2) is 17.6 Å². The minimum atomic E-state index is -4.18. The highest BCUT2D eigenvalue weighted by atomic mass is 32.2. The molecule has 2 aromatic carbocycles. The summed E-state index contributed by atoms with van der Waals surface area (Å²) in [5.41, 5.74) is 0.167. The van der Waals surface area contributed by atoms with Crippen LogP contribution in [-0.2, 0) is 14.8 Å². The van der Waals surface area contributed by atoms with E-state index in [2.05, 4.69) is 0 Å². The second-order valence-corrected chi connectivity index (χ2v) is 7.46. The maximum Gasteiger partial charge on any atom is 0.342 e. The van der Waals surface area contributed by atoms with Gasteiger partial charge in [0.1, 0.15) is 23.1 Å². The Balaban J connectivity index is 2.07. The molecule has 1 aliphatic heterocycles. The van der Waals surface area contributed by atoms with E-state index in [4.69, 9.17) is 4.74 Å². The first-order valence-electron chi connectivity index (χ1n) is 7.56. The number of ether oxygens (including phenoxy) is 1. The van der Waals surface area contributed by atoms with E-state index < -0.39 is 21.9 Å². The fourth-order valence-corrected chi connectivity index (χ4v) is 4.14. The lowest BCUT2D eigenvalue weighted by atomic mass is 10.2. The average Bonchev–Trinajstić information content (AvgIpc) is 2.59. The van der Waals surface area contributed by atoms with Crippen LogP contribution in [0.25, 0.3) is 0 Å². The molecule has 9 heteroatoms. The van der Waals surface area contributed by atoms with Crippen LogP contribution in [0.4, 0.5) is 20.6 Å². The zero-order chi connectivity index (χ0) is 19.1. The number of hydrogen-bond acceptors (Lipinski definition) is 5. The van der Waals surface area contributed by atoms with E-state index in [1.165, 1.54) is 44.3 Å². The number of Topliss-reactive ketones (excluding diaryl/α,β-unsaturated/α-hetero) is 1. The summed E-state index contributed by atoms with van der Waals surface area (Å²) in [6.45, 7) is 1.20. The molecule has 0 unspecified atom stereocenters. The number of carbonyl (C=O) groups is 2. The minimum Gasteiger partial charge on any atom is -0.486 e. The zero-order valence-electron chi connectivity index (χ0n) is 14.0. The lowest BCUT2D eigenvalue weighted by molar-refractivity contribution is -0.118. The van der Waals surface area contributed by atoms with Gasteiger partial charge >= 0.3 is 6.03 Å². The molecule has 0 aliphatic carbocycles. The number of urea groups is 1. The van der Waals surface area contributed by atoms with Crippen LogP contribution in [0.15, 0.2) is 47.4 Å². The van der Waals surface area contributed by atoms with Crippen molar-refractivity contribution in [3.8, 4) is 5.75 Å². The number of nitrogens with zero attached hydrogens (tertiary/aromatic N) is 2. The Labute approximate surface area is 149 Å². The number of sulfonamides is 1. The molecule has 0 bridgehead atoms. The van der Waals surface area contributed by atoms with Gasteiger partial charge in [0.05, 0.1) is 11.4 Å². The Kier molecular flexibility index (Phi) is 4.41. The second-order valence-electron chi connectivity index (χ2n) is 5.71. The maximum atomic E-state index is 13.1. The predicted octanol–water partition coefficient (Wildman–Crippen LogP) is 2.56. The van der Waals surface area contributed by atoms with Crippen LogP contribution in [-0.4, -0.2) is 33.9 Å². The van der Waals surface area contributed by atoms with Gasteiger partial charge in [0, 0.05) is 13.1 Å². The molecule has 0 fully saturated rings. The molecule has 0 aromatic heterocycles. The van der Waals surface area contributed by atoms with Crippen molar-refractivity contribution in [1.82, 2.24) is 0 Å². The third-order valence-electron chi connectivity index (χ3n) is 3.77. The molecule has 3 rings (SSSR count). The van der Waals surface area contributed by atoms with Crippen molar-refractivity contribution in [3.05, 3.63) is 48.3 Å². The van der Waals surface area contributed by atoms with Gasteiger partial charge in [0.15, 0.2) is 5.78 Å². The van der Waals surface area contributed by atoms with E-state index in [1.54, 1.807) is 0 Å². The molecule has 7 nitrogen and oxygen atoms in total. The first-order valence-corrected chi connectivity index (χ1v) is 9.00. The Morgan fingerprint density at radius 1 is 1.15 bits per heavy atom. The SMILES string of the molecule is CC(=O)COc1ccc2c(c1)N(C)C(=O)N(c1ccc(F)cc1)S2(=O)=O. The van der Waals surface area contributed by atoms with E-state index in [9.17, 15) is 22.4 Å². The standard InChI is InChI=1S/C17H15FN2O5S/c1-11(21)10-25-14-7-8-16-15(9-14)19(2)17(22)20(26(16,23)24)13-5-3-12(18)4-6-13/h3-9H,10H2,1-2H3. The van der Waals surface area contributed by atoms with Crippen molar-refractivity contribution in [1.29, 1.82) is 0 Å². The van der Waals surface area contributed by atoms with Crippen LogP contribution >= 0.6 is 0 Å². The van der Waals surface area contributed by atoms with Crippen molar-refractivity contribution < 1.29 is 27.1 Å². The minimum absolute atomic E-state index is 0.0332. The summed E-state index contributed by atoms with van der Waals surface area (Å²) in [7, 11) is -2.76. The Morgan fingerprint density at radius 3 is 2.42 bits per heavy atom. The van der Waals surface area contributed by atoms with Crippen molar-refractivity contribution in [2.24, 2.45) is 0 Å². The molecular weight excluding hydrogens is 363 g/mol. The third kappa shape index (κ3) is 3.01. The highest BCUT2D eigenvalue weighted by Gasteiger charge is 2.41. The molecule has 26 heavy (non-hydrogen) atoms. The second kappa shape index (κ2) is 6.41. The van der Waals surface area contributed by atoms with Gasteiger partial charge in [0.2, 0.25) is 0 Å². The highest BCUT2D eigenvalue weighted by Crippen LogP contribution is 2.38. The van der Waals surface area contributed by atoms with Crippen LogP contribution in [0.2, 0.25) is 0 Å². The molecule has 136 valence electrons. The summed E-state index contributed by atoms with van der Waals surface area (Å²) in [4.78, 5) is 24.7. The van der Waals surface area contributed by atoms with E-state index in [-0.39, 0.29) is 34.4 Å². The largest absolute Gasteiger partial charge is 0.486 e. The van der Waals surface area contributed by atoms with Crippen molar-refractivity contribution in [2.75, 3.05) is 22.9 Å². The first-order chi connectivity index (χ1) is 12.2. The van der Waals surface area contributed by atoms with Crippen LogP contribution in [0.1, 0.15) is 6.92 Å². The highest BCUT2D eigenvalue weighted by molar-refractivity contribution is 7.94. The average molecular weight is 378 g/mol. The molecule has 1 heterocycles. The Morgan fingerprint density at radius 2 is 1.81 bits per heavy atom. The summed E-state index contributed by atoms with van der Waals surface area (Å²) in [6.07, 6.45) is 0. The van der Waals surface area contributed by atoms with E-state index in [1.807, 2.05) is 0 Å². The molecule has 0 saturated carbocycles. The fourth-order valence-electron chi connectivity index (χ4n) is 2.52. The molecular formula is C17H15FN2O5S. The van der Waals surface area contributed by atoms with Gasteiger partial charge in [-0.2, -0.15) is 4.31 Å². The lowest BCUT2D eigenvalue weighted by Crippen LogP contribution is -2.49. The number of benzene rings is 2. The van der Waals surface area contributed by atoms with Gasteiger partial charge in [-0.3, -0.25) is 9.69 Å². The number of anilines is 2. The molecule has 0 radical (unpaired) electrons. The summed E-state index contributed by atoms with van der Waals surface area (Å²) in [5, 5.41) is 0. The summed E-state index contributed by atoms with van der Waals surface area (Å²) < 4.78 is 44.8. The number of hydrogen-bond donors (Lipinski definition) is 0. The number of amides is 2.